The molecule has 166 valence electrons. The van der Waals surface area contributed by atoms with Crippen molar-refractivity contribution >= 4 is 22.5 Å². The molecule has 5 heteroatoms. The number of hydrogen-bond acceptors (Lipinski definition) is 3. The van der Waals surface area contributed by atoms with Crippen molar-refractivity contribution in [2.45, 2.75) is 71.3 Å². The minimum atomic E-state index is -0.950. The Morgan fingerprint density at radius 3 is 2.65 bits per heavy atom. The maximum Gasteiger partial charge on any atom is 0.126 e. The maximum absolute atomic E-state index is 12.1. The lowest BCUT2D eigenvalue weighted by molar-refractivity contribution is -0.0776. The average Bonchev–Trinajstić information content (AvgIpc) is 3.07. The summed E-state index contributed by atoms with van der Waals surface area (Å²) >= 11 is 6.49. The second-order valence-corrected chi connectivity index (χ2v) is 11.1. The van der Waals surface area contributed by atoms with E-state index in [-0.39, 0.29) is 10.8 Å². The van der Waals surface area contributed by atoms with Crippen LogP contribution in [0.25, 0.3) is 10.9 Å². The quantitative estimate of drug-likeness (QED) is 0.494. The number of aliphatic hydroxyl groups is 1. The molecule has 4 nitrogen and oxygen atoms in total. The van der Waals surface area contributed by atoms with Crippen LogP contribution in [-0.4, -0.2) is 27.3 Å². The summed E-state index contributed by atoms with van der Waals surface area (Å²) in [4.78, 5) is 7.67. The van der Waals surface area contributed by atoms with Crippen LogP contribution < -0.4 is 4.74 Å². The first-order valence-corrected chi connectivity index (χ1v) is 11.5. The molecule has 0 saturated heterocycles. The van der Waals surface area contributed by atoms with E-state index < -0.39 is 5.60 Å². The SMILES string of the molecule is CC(C)(CC(O)(Cc1cc2cnccc2[nH]1)C(C)(C)C)c1cc(Cl)cc2c1OCCC2. The predicted molar refractivity (Wildman–Crippen MR) is 127 cm³/mol. The van der Waals surface area contributed by atoms with E-state index in [9.17, 15) is 5.11 Å². The number of ether oxygens (including phenoxy) is 1. The lowest BCUT2D eigenvalue weighted by atomic mass is 9.64. The number of hydrogen-bond donors (Lipinski definition) is 2. The number of aromatic nitrogens is 2. The van der Waals surface area contributed by atoms with E-state index in [0.717, 1.165) is 52.4 Å². The molecule has 31 heavy (non-hydrogen) atoms. The van der Waals surface area contributed by atoms with E-state index in [1.54, 1.807) is 6.20 Å². The van der Waals surface area contributed by atoms with Crippen molar-refractivity contribution in [1.29, 1.82) is 0 Å². The van der Waals surface area contributed by atoms with Crippen LogP contribution in [0.1, 0.15) is 64.3 Å². The fourth-order valence-corrected chi connectivity index (χ4v) is 5.05. The summed E-state index contributed by atoms with van der Waals surface area (Å²) in [6.45, 7) is 11.4. The number of aromatic amines is 1. The first-order valence-electron chi connectivity index (χ1n) is 11.1. The Hall–Kier alpha value is -2.04. The number of pyridine rings is 1. The minimum Gasteiger partial charge on any atom is -0.493 e. The number of H-pyrrole nitrogens is 1. The largest absolute Gasteiger partial charge is 0.493 e. The highest BCUT2D eigenvalue weighted by Gasteiger charge is 2.45. The van der Waals surface area contributed by atoms with E-state index in [4.69, 9.17) is 16.3 Å². The molecule has 3 heterocycles. The first kappa shape index (κ1) is 22.2. The van der Waals surface area contributed by atoms with E-state index in [2.05, 4.69) is 50.7 Å². The molecule has 1 aromatic carbocycles. The number of benzene rings is 1. The number of rotatable bonds is 5. The van der Waals surface area contributed by atoms with Crippen LogP contribution in [0, 0.1) is 5.41 Å². The third kappa shape index (κ3) is 4.33. The van der Waals surface area contributed by atoms with Gasteiger partial charge in [-0.2, -0.15) is 0 Å². The Labute approximate surface area is 190 Å². The van der Waals surface area contributed by atoms with Gasteiger partial charge in [-0.1, -0.05) is 46.2 Å². The van der Waals surface area contributed by atoms with Gasteiger partial charge in [0.15, 0.2) is 0 Å². The monoisotopic (exact) mass is 440 g/mol. The van der Waals surface area contributed by atoms with Crippen LogP contribution in [-0.2, 0) is 18.3 Å². The minimum absolute atomic E-state index is 0.331. The van der Waals surface area contributed by atoms with Gasteiger partial charge >= 0.3 is 0 Å². The molecule has 2 N–H and O–H groups in total. The average molecular weight is 441 g/mol. The van der Waals surface area contributed by atoms with Crippen molar-refractivity contribution in [2.75, 3.05) is 6.61 Å². The van der Waals surface area contributed by atoms with Crippen molar-refractivity contribution < 1.29 is 9.84 Å². The summed E-state index contributed by atoms with van der Waals surface area (Å²) < 4.78 is 6.10. The van der Waals surface area contributed by atoms with Gasteiger partial charge in [0.25, 0.3) is 0 Å². The van der Waals surface area contributed by atoms with Crippen molar-refractivity contribution in [2.24, 2.45) is 5.41 Å². The number of aryl methyl sites for hydroxylation is 1. The molecular formula is C26H33ClN2O2. The zero-order valence-corrected chi connectivity index (χ0v) is 19.9. The third-order valence-corrected chi connectivity index (χ3v) is 7.01. The molecule has 3 aromatic rings. The highest BCUT2D eigenvalue weighted by atomic mass is 35.5. The highest BCUT2D eigenvalue weighted by Crippen LogP contribution is 2.47. The van der Waals surface area contributed by atoms with Gasteiger partial charge < -0.3 is 14.8 Å². The van der Waals surface area contributed by atoms with Crippen molar-refractivity contribution in [3.8, 4) is 5.75 Å². The molecule has 0 fully saturated rings. The standard InChI is InChI=1S/C26H33ClN2O2/c1-24(2,3)26(30,14-20-12-18-15-28-9-8-22(18)29-20)16-25(4,5)21-13-19(27)11-17-7-6-10-31-23(17)21/h8-9,11-13,15,29-30H,6-7,10,14,16H2,1-5H3. The maximum atomic E-state index is 12.1. The molecule has 1 atom stereocenters. The second kappa shape index (κ2) is 7.83. The molecule has 0 spiro atoms. The van der Waals surface area contributed by atoms with Gasteiger partial charge in [0.1, 0.15) is 5.75 Å². The van der Waals surface area contributed by atoms with Crippen molar-refractivity contribution in [1.82, 2.24) is 9.97 Å². The summed E-state index contributed by atoms with van der Waals surface area (Å²) in [5, 5.41) is 13.9. The Kier molecular flexibility index (Phi) is 5.60. The summed E-state index contributed by atoms with van der Waals surface area (Å²) in [5.74, 6) is 0.952. The molecule has 1 unspecified atom stereocenters. The van der Waals surface area contributed by atoms with Gasteiger partial charge in [0.05, 0.1) is 12.2 Å². The zero-order valence-electron chi connectivity index (χ0n) is 19.2. The van der Waals surface area contributed by atoms with E-state index in [1.807, 2.05) is 24.4 Å². The molecule has 1 aliphatic rings. The molecule has 1 aliphatic heterocycles. The molecule has 0 amide bonds. The fraction of sp³-hybridized carbons (Fsp3) is 0.500. The lowest BCUT2D eigenvalue weighted by Crippen LogP contribution is -2.49. The zero-order chi connectivity index (χ0) is 22.4. The van der Waals surface area contributed by atoms with Gasteiger partial charge in [0.2, 0.25) is 0 Å². The van der Waals surface area contributed by atoms with E-state index >= 15 is 0 Å². The van der Waals surface area contributed by atoms with Gasteiger partial charge in [-0.15, -0.1) is 0 Å². The second-order valence-electron chi connectivity index (χ2n) is 10.7. The lowest BCUT2D eigenvalue weighted by Gasteiger charge is -2.45. The van der Waals surface area contributed by atoms with Crippen LogP contribution >= 0.6 is 11.6 Å². The normalized spacial score (nSPS) is 16.6. The predicted octanol–water partition coefficient (Wildman–Crippen LogP) is 6.23. The molecular weight excluding hydrogens is 408 g/mol. The molecule has 0 aliphatic carbocycles. The van der Waals surface area contributed by atoms with E-state index in [0.29, 0.717) is 12.8 Å². The van der Waals surface area contributed by atoms with Crippen LogP contribution in [0.3, 0.4) is 0 Å². The highest BCUT2D eigenvalue weighted by molar-refractivity contribution is 6.30. The van der Waals surface area contributed by atoms with Crippen molar-refractivity contribution in [3.63, 3.8) is 0 Å². The van der Waals surface area contributed by atoms with Crippen LogP contribution in [0.4, 0.5) is 0 Å². The first-order chi connectivity index (χ1) is 14.5. The van der Waals surface area contributed by atoms with Crippen LogP contribution in [0.5, 0.6) is 5.75 Å². The molecule has 0 saturated carbocycles. The molecule has 0 bridgehead atoms. The molecule has 4 rings (SSSR count). The van der Waals surface area contributed by atoms with E-state index in [1.165, 1.54) is 5.56 Å². The fourth-order valence-electron chi connectivity index (χ4n) is 4.81. The summed E-state index contributed by atoms with van der Waals surface area (Å²) in [6.07, 6.45) is 6.72. The van der Waals surface area contributed by atoms with Gasteiger partial charge in [0, 0.05) is 46.0 Å². The number of nitrogens with one attached hydrogen (secondary N) is 1. The van der Waals surface area contributed by atoms with Gasteiger partial charge in [-0.25, -0.2) is 0 Å². The smallest absolute Gasteiger partial charge is 0.126 e. The number of halogens is 1. The Morgan fingerprint density at radius 1 is 1.16 bits per heavy atom. The summed E-state index contributed by atoms with van der Waals surface area (Å²) in [7, 11) is 0. The Bertz CT molecular complexity index is 1060. The van der Waals surface area contributed by atoms with Crippen molar-refractivity contribution in [3.05, 3.63) is 58.5 Å². The Morgan fingerprint density at radius 2 is 1.94 bits per heavy atom. The summed E-state index contributed by atoms with van der Waals surface area (Å²) in [5.41, 5.74) is 2.69. The third-order valence-electron chi connectivity index (χ3n) is 6.79. The van der Waals surface area contributed by atoms with Gasteiger partial charge in [-0.3, -0.25) is 4.98 Å². The molecule has 2 aromatic heterocycles. The topological polar surface area (TPSA) is 58.1 Å². The number of nitrogens with zero attached hydrogens (tertiary/aromatic N) is 1. The molecule has 0 radical (unpaired) electrons. The number of fused-ring (bicyclic) bond motifs is 2. The Balaban J connectivity index is 1.71. The summed E-state index contributed by atoms with van der Waals surface area (Å²) in [6, 6.07) is 8.10. The van der Waals surface area contributed by atoms with Crippen LogP contribution in [0.2, 0.25) is 5.02 Å². The van der Waals surface area contributed by atoms with Crippen LogP contribution in [0.15, 0.2) is 36.7 Å². The van der Waals surface area contributed by atoms with Gasteiger partial charge in [-0.05, 0) is 59.9 Å².